The van der Waals surface area contributed by atoms with Gasteiger partial charge in [0, 0.05) is 21.5 Å². The molecule has 0 bridgehead atoms. The van der Waals surface area contributed by atoms with Gasteiger partial charge in [0.25, 0.3) is 0 Å². The van der Waals surface area contributed by atoms with Crippen molar-refractivity contribution in [2.45, 2.75) is 13.8 Å². The van der Waals surface area contributed by atoms with E-state index in [0.29, 0.717) is 0 Å². The van der Waals surface area contributed by atoms with Crippen LogP contribution in [0.2, 0.25) is 0 Å². The van der Waals surface area contributed by atoms with Gasteiger partial charge in [-0.25, -0.2) is 0 Å². The Bertz CT molecular complexity index is 2080. The number of rotatable bonds is 3. The smallest absolute Gasteiger partial charge is 0.135 e. The van der Waals surface area contributed by atoms with Gasteiger partial charge in [0.05, 0.1) is 0 Å². The highest BCUT2D eigenvalue weighted by Crippen LogP contribution is 2.36. The molecule has 2 heterocycles. The Morgan fingerprint density at radius 2 is 0.650 bits per heavy atom. The van der Waals surface area contributed by atoms with Gasteiger partial charge in [0.1, 0.15) is 22.3 Å². The van der Waals surface area contributed by atoms with Crippen LogP contribution in [0.15, 0.2) is 130 Å². The second-order valence-electron chi connectivity index (χ2n) is 10.8. The molecule has 0 aliphatic heterocycles. The van der Waals surface area contributed by atoms with E-state index in [9.17, 15) is 0 Å². The van der Waals surface area contributed by atoms with E-state index in [1.54, 1.807) is 0 Å². The summed E-state index contributed by atoms with van der Waals surface area (Å²) < 4.78 is 12.2. The van der Waals surface area contributed by atoms with Gasteiger partial charge >= 0.3 is 0 Å². The molecule has 0 saturated heterocycles. The number of furan rings is 2. The third-order valence-electron chi connectivity index (χ3n) is 7.97. The molecule has 0 N–H and O–H groups in total. The Morgan fingerprint density at radius 3 is 1.05 bits per heavy atom. The lowest BCUT2D eigenvalue weighted by Gasteiger charge is -2.09. The van der Waals surface area contributed by atoms with E-state index < -0.39 is 0 Å². The van der Waals surface area contributed by atoms with Crippen molar-refractivity contribution in [3.05, 3.63) is 132 Å². The first kappa shape index (κ1) is 22.9. The highest BCUT2D eigenvalue weighted by Gasteiger charge is 2.12. The molecule has 8 rings (SSSR count). The standard InChI is InChI=1S/C38H26O2/c1-23-9-13-35-31(17-23)33-21-29(11-15-37(33)39-35)27-7-3-5-25(19-27)26-6-4-8-28(20-26)30-12-16-38-34(22-30)32-18-24(2)10-14-36(32)40-38/h3-22H,1-2H3. The first-order chi connectivity index (χ1) is 19.6. The number of fused-ring (bicyclic) bond motifs is 6. The summed E-state index contributed by atoms with van der Waals surface area (Å²) in [5, 5.41) is 4.64. The molecule has 0 fully saturated rings. The molecule has 0 spiro atoms. The van der Waals surface area contributed by atoms with Crippen LogP contribution in [-0.4, -0.2) is 0 Å². The average molecular weight is 515 g/mol. The predicted molar refractivity (Wildman–Crippen MR) is 167 cm³/mol. The molecule has 190 valence electrons. The Labute approximate surface area is 232 Å². The molecule has 0 radical (unpaired) electrons. The van der Waals surface area contributed by atoms with Crippen LogP contribution in [0.1, 0.15) is 11.1 Å². The molecule has 8 aromatic rings. The maximum Gasteiger partial charge on any atom is 0.135 e. The summed E-state index contributed by atoms with van der Waals surface area (Å²) in [4.78, 5) is 0. The van der Waals surface area contributed by atoms with Crippen molar-refractivity contribution in [1.82, 2.24) is 0 Å². The minimum Gasteiger partial charge on any atom is -0.456 e. The largest absolute Gasteiger partial charge is 0.456 e. The fraction of sp³-hybridized carbons (Fsp3) is 0.0526. The van der Waals surface area contributed by atoms with Gasteiger partial charge in [0.15, 0.2) is 0 Å². The Balaban J connectivity index is 1.19. The molecular weight excluding hydrogens is 488 g/mol. The van der Waals surface area contributed by atoms with Gasteiger partial charge in [-0.3, -0.25) is 0 Å². The Kier molecular flexibility index (Phi) is 4.99. The second kappa shape index (κ2) is 8.72. The topological polar surface area (TPSA) is 26.3 Å². The van der Waals surface area contributed by atoms with Crippen LogP contribution in [0, 0.1) is 13.8 Å². The third kappa shape index (κ3) is 3.72. The zero-order valence-corrected chi connectivity index (χ0v) is 22.4. The lowest BCUT2D eigenvalue weighted by molar-refractivity contribution is 0.668. The van der Waals surface area contributed by atoms with E-state index in [4.69, 9.17) is 8.83 Å². The van der Waals surface area contributed by atoms with Crippen LogP contribution < -0.4 is 0 Å². The van der Waals surface area contributed by atoms with Crippen molar-refractivity contribution in [3.8, 4) is 33.4 Å². The van der Waals surface area contributed by atoms with E-state index >= 15 is 0 Å². The molecule has 0 atom stereocenters. The summed E-state index contributed by atoms with van der Waals surface area (Å²) in [7, 11) is 0. The molecule has 0 aliphatic carbocycles. The number of aryl methyl sites for hydroxylation is 2. The van der Waals surface area contributed by atoms with Crippen molar-refractivity contribution in [2.24, 2.45) is 0 Å². The Hall–Kier alpha value is -5.08. The van der Waals surface area contributed by atoms with Crippen molar-refractivity contribution < 1.29 is 8.83 Å². The molecule has 40 heavy (non-hydrogen) atoms. The van der Waals surface area contributed by atoms with Crippen LogP contribution in [0.4, 0.5) is 0 Å². The lowest BCUT2D eigenvalue weighted by atomic mass is 9.95. The molecule has 0 aliphatic rings. The van der Waals surface area contributed by atoms with Gasteiger partial charge in [-0.1, -0.05) is 71.8 Å². The van der Waals surface area contributed by atoms with E-state index in [0.717, 1.165) is 33.1 Å². The third-order valence-corrected chi connectivity index (χ3v) is 7.97. The zero-order chi connectivity index (χ0) is 26.8. The van der Waals surface area contributed by atoms with Crippen LogP contribution >= 0.6 is 0 Å². The summed E-state index contributed by atoms with van der Waals surface area (Å²) in [5.41, 5.74) is 13.3. The molecule has 2 heteroatoms. The van der Waals surface area contributed by atoms with Crippen molar-refractivity contribution in [2.75, 3.05) is 0 Å². The van der Waals surface area contributed by atoms with Crippen LogP contribution in [0.3, 0.4) is 0 Å². The molecule has 0 amide bonds. The van der Waals surface area contributed by atoms with Gasteiger partial charge < -0.3 is 8.83 Å². The van der Waals surface area contributed by atoms with Gasteiger partial charge in [-0.2, -0.15) is 0 Å². The second-order valence-corrected chi connectivity index (χ2v) is 10.8. The van der Waals surface area contributed by atoms with Gasteiger partial charge in [0.2, 0.25) is 0 Å². The van der Waals surface area contributed by atoms with E-state index in [1.165, 1.54) is 55.3 Å². The zero-order valence-electron chi connectivity index (χ0n) is 22.4. The first-order valence-corrected chi connectivity index (χ1v) is 13.7. The highest BCUT2D eigenvalue weighted by molar-refractivity contribution is 6.07. The SMILES string of the molecule is Cc1ccc2oc3ccc(-c4cccc(-c5cccc(-c6ccc7oc8ccc(C)cc8c7c6)c5)c4)cc3c2c1. The summed E-state index contributed by atoms with van der Waals surface area (Å²) >= 11 is 0. The van der Waals surface area contributed by atoms with Crippen LogP contribution in [0.5, 0.6) is 0 Å². The fourth-order valence-electron chi connectivity index (χ4n) is 5.90. The van der Waals surface area contributed by atoms with Crippen molar-refractivity contribution in [3.63, 3.8) is 0 Å². The first-order valence-electron chi connectivity index (χ1n) is 13.7. The maximum atomic E-state index is 6.09. The summed E-state index contributed by atoms with van der Waals surface area (Å²) in [6.07, 6.45) is 0. The molecule has 0 unspecified atom stereocenters. The number of hydrogen-bond acceptors (Lipinski definition) is 2. The van der Waals surface area contributed by atoms with Crippen LogP contribution in [0.25, 0.3) is 77.3 Å². The minimum atomic E-state index is 0.922. The monoisotopic (exact) mass is 514 g/mol. The van der Waals surface area contributed by atoms with Crippen LogP contribution in [-0.2, 0) is 0 Å². The lowest BCUT2D eigenvalue weighted by Crippen LogP contribution is -1.84. The summed E-state index contributed by atoms with van der Waals surface area (Å²) in [6, 6.07) is 43.3. The molecular formula is C38H26O2. The maximum absolute atomic E-state index is 6.09. The Morgan fingerprint density at radius 1 is 0.325 bits per heavy atom. The predicted octanol–water partition coefficient (Wildman–Crippen LogP) is 11.1. The summed E-state index contributed by atoms with van der Waals surface area (Å²) in [5.74, 6) is 0. The van der Waals surface area contributed by atoms with Crippen molar-refractivity contribution >= 4 is 43.9 Å². The summed E-state index contributed by atoms with van der Waals surface area (Å²) in [6.45, 7) is 4.24. The van der Waals surface area contributed by atoms with Gasteiger partial charge in [-0.05, 0) is 108 Å². The quantitative estimate of drug-likeness (QED) is 0.234. The van der Waals surface area contributed by atoms with E-state index in [-0.39, 0.29) is 0 Å². The normalized spacial score (nSPS) is 11.8. The minimum absolute atomic E-state index is 0.922. The highest BCUT2D eigenvalue weighted by atomic mass is 16.3. The fourth-order valence-corrected chi connectivity index (χ4v) is 5.90. The molecule has 2 aromatic heterocycles. The van der Waals surface area contributed by atoms with E-state index in [1.807, 2.05) is 0 Å². The molecule has 0 saturated carbocycles. The average Bonchev–Trinajstić information content (AvgIpc) is 3.54. The van der Waals surface area contributed by atoms with E-state index in [2.05, 4.69) is 135 Å². The molecule has 6 aromatic carbocycles. The van der Waals surface area contributed by atoms with Crippen molar-refractivity contribution in [1.29, 1.82) is 0 Å². The number of benzene rings is 6. The van der Waals surface area contributed by atoms with Gasteiger partial charge in [-0.15, -0.1) is 0 Å². The molecule has 2 nitrogen and oxygen atoms in total. The number of hydrogen-bond donors (Lipinski definition) is 0.